The van der Waals surface area contributed by atoms with Gasteiger partial charge in [-0.3, -0.25) is 0 Å². The Morgan fingerprint density at radius 1 is 0.778 bits per heavy atom. The van der Waals surface area contributed by atoms with E-state index in [2.05, 4.69) is 78.2 Å². The summed E-state index contributed by atoms with van der Waals surface area (Å²) in [6.45, 7) is 12.5. The molecule has 0 nitrogen and oxygen atoms in total. The fourth-order valence-corrected chi connectivity index (χ4v) is 0.474. The van der Waals surface area contributed by atoms with Crippen LogP contribution in [0, 0.1) is 0 Å². The molecule has 18 heavy (non-hydrogen) atoms. The number of thiol groups is 4. The van der Waals surface area contributed by atoms with Crippen LogP contribution in [0.5, 0.6) is 0 Å². The lowest BCUT2D eigenvalue weighted by molar-refractivity contribution is 0.899. The predicted molar refractivity (Wildman–Crippen MR) is 106 cm³/mol. The summed E-state index contributed by atoms with van der Waals surface area (Å²) in [5, 5.41) is 1.11. The molecule has 0 saturated heterocycles. The van der Waals surface area contributed by atoms with E-state index in [9.17, 15) is 0 Å². The Morgan fingerprint density at radius 3 is 1.06 bits per heavy atom. The Balaban J connectivity index is -0.0000000731. The molecule has 0 bridgehead atoms. The Labute approximate surface area is 139 Å². The van der Waals surface area contributed by atoms with Crippen molar-refractivity contribution in [2.75, 3.05) is 11.5 Å². The van der Waals surface area contributed by atoms with E-state index in [0.717, 1.165) is 11.5 Å². The third-order valence-electron chi connectivity index (χ3n) is 1.33. The van der Waals surface area contributed by atoms with E-state index in [-0.39, 0.29) is 0 Å². The molecule has 0 aromatic rings. The van der Waals surface area contributed by atoms with Gasteiger partial charge in [-0.05, 0) is 41.3 Å². The summed E-state index contributed by atoms with van der Waals surface area (Å²) in [6.07, 6.45) is 4.87. The largest absolute Gasteiger partial charge is 0.179 e. The van der Waals surface area contributed by atoms with E-state index in [0.29, 0.717) is 10.5 Å². The molecule has 1 unspecified atom stereocenters. The summed E-state index contributed by atoms with van der Waals surface area (Å²) < 4.78 is 0. The van der Waals surface area contributed by atoms with Crippen LogP contribution in [-0.2, 0) is 0 Å². The van der Waals surface area contributed by atoms with Crippen LogP contribution in [0.4, 0.5) is 0 Å². The van der Waals surface area contributed by atoms with Gasteiger partial charge in [0.2, 0.25) is 0 Å². The first-order valence-electron chi connectivity index (χ1n) is 6.91. The molecule has 0 aromatic heterocycles. The summed E-state index contributed by atoms with van der Waals surface area (Å²) >= 11 is 16.0. The van der Waals surface area contributed by atoms with Crippen molar-refractivity contribution in [3.05, 3.63) is 0 Å². The molecule has 116 valence electrons. The van der Waals surface area contributed by atoms with Gasteiger partial charge in [-0.1, -0.05) is 48.0 Å². The molecule has 0 rings (SSSR count). The van der Waals surface area contributed by atoms with Crippen molar-refractivity contribution < 1.29 is 0 Å². The van der Waals surface area contributed by atoms with E-state index in [4.69, 9.17) is 0 Å². The van der Waals surface area contributed by atoms with E-state index in [1.54, 1.807) is 0 Å². The molecule has 0 amide bonds. The second-order valence-electron chi connectivity index (χ2n) is 4.15. The molecule has 0 aliphatic rings. The van der Waals surface area contributed by atoms with Gasteiger partial charge in [-0.2, -0.15) is 50.5 Å². The van der Waals surface area contributed by atoms with Crippen molar-refractivity contribution in [3.63, 3.8) is 0 Å². The quantitative estimate of drug-likeness (QED) is 0.440. The topological polar surface area (TPSA) is 0 Å². The lowest BCUT2D eigenvalue weighted by Crippen LogP contribution is -1.81. The average Bonchev–Trinajstić information content (AvgIpc) is 2.30. The van der Waals surface area contributed by atoms with E-state index >= 15 is 0 Å². The van der Waals surface area contributed by atoms with Crippen molar-refractivity contribution in [1.82, 2.24) is 0 Å². The lowest BCUT2D eigenvalue weighted by Gasteiger charge is -1.89. The Bertz CT molecular complexity index is 89.0. The third kappa shape index (κ3) is 114. The molecule has 0 spiro atoms. The molecule has 0 radical (unpaired) electrons. The van der Waals surface area contributed by atoms with Gasteiger partial charge in [-0.25, -0.2) is 0 Å². The summed E-state index contributed by atoms with van der Waals surface area (Å²) in [5.41, 5.74) is 0. The standard InChI is InChI=1S/2C4H10S.2C3H8S/c1-3-4(2)5;1-2-3-4-5;1-3(2)4;1-2-3-4/h4-5H,3H2,1-2H3;5H,2-4H2,1H3;3-4H,1-2H3;4H,2-3H2,1H3. The number of rotatable bonds is 4. The molecule has 0 N–H and O–H groups in total. The van der Waals surface area contributed by atoms with Crippen molar-refractivity contribution in [3.8, 4) is 0 Å². The minimum absolute atomic E-state index is 0.528. The first kappa shape index (κ1) is 27.7. The van der Waals surface area contributed by atoms with Crippen molar-refractivity contribution in [2.45, 2.75) is 77.7 Å². The minimum Gasteiger partial charge on any atom is -0.179 e. The maximum atomic E-state index is 4.10. The van der Waals surface area contributed by atoms with Crippen LogP contribution in [0.3, 0.4) is 0 Å². The fraction of sp³-hybridized carbons (Fsp3) is 1.00. The number of hydrogen-bond acceptors (Lipinski definition) is 4. The van der Waals surface area contributed by atoms with Crippen LogP contribution in [0.25, 0.3) is 0 Å². The van der Waals surface area contributed by atoms with Crippen LogP contribution in [0.15, 0.2) is 0 Å². The molecule has 0 fully saturated rings. The Hall–Kier alpha value is 1.40. The summed E-state index contributed by atoms with van der Waals surface area (Å²) in [5.74, 6) is 2.05. The molecule has 4 heteroatoms. The van der Waals surface area contributed by atoms with Gasteiger partial charge in [0.05, 0.1) is 0 Å². The van der Waals surface area contributed by atoms with Crippen LogP contribution < -0.4 is 0 Å². The van der Waals surface area contributed by atoms with Gasteiger partial charge in [-0.15, -0.1) is 0 Å². The van der Waals surface area contributed by atoms with Gasteiger partial charge in [0.15, 0.2) is 0 Å². The number of unbranched alkanes of at least 4 members (excludes halogenated alkanes) is 1. The van der Waals surface area contributed by atoms with Crippen molar-refractivity contribution in [2.24, 2.45) is 0 Å². The smallest absolute Gasteiger partial charge is 0.00142 e. The summed E-state index contributed by atoms with van der Waals surface area (Å²) in [6, 6.07) is 0. The van der Waals surface area contributed by atoms with E-state index < -0.39 is 0 Å². The van der Waals surface area contributed by atoms with Gasteiger partial charge >= 0.3 is 0 Å². The van der Waals surface area contributed by atoms with Crippen LogP contribution in [0.1, 0.15) is 67.2 Å². The van der Waals surface area contributed by atoms with Crippen molar-refractivity contribution in [1.29, 1.82) is 0 Å². The highest BCUT2D eigenvalue weighted by atomic mass is 32.1. The molecule has 1 atom stereocenters. The zero-order chi connectivity index (χ0) is 15.4. The van der Waals surface area contributed by atoms with Gasteiger partial charge < -0.3 is 0 Å². The van der Waals surface area contributed by atoms with Gasteiger partial charge in [0.25, 0.3) is 0 Å². The number of hydrogen-bond donors (Lipinski definition) is 4. The highest BCUT2D eigenvalue weighted by molar-refractivity contribution is 7.81. The Kier molecular flexibility index (Phi) is 47.7. The molecule has 0 heterocycles. The minimum atomic E-state index is 0.528. The zero-order valence-electron chi connectivity index (χ0n) is 13.2. The van der Waals surface area contributed by atoms with Gasteiger partial charge in [0, 0.05) is 0 Å². The fourth-order valence-electron chi connectivity index (χ4n) is 0.158. The third-order valence-corrected chi connectivity index (χ3v) is 2.45. The van der Waals surface area contributed by atoms with E-state index in [1.165, 1.54) is 25.7 Å². The van der Waals surface area contributed by atoms with Crippen molar-refractivity contribution >= 4 is 50.5 Å². The van der Waals surface area contributed by atoms with E-state index in [1.807, 2.05) is 13.8 Å². The lowest BCUT2D eigenvalue weighted by atomic mass is 10.4. The summed E-state index contributed by atoms with van der Waals surface area (Å²) in [4.78, 5) is 0. The average molecular weight is 333 g/mol. The monoisotopic (exact) mass is 332 g/mol. The Morgan fingerprint density at radius 2 is 1.06 bits per heavy atom. The first-order chi connectivity index (χ1) is 8.33. The normalized spacial score (nSPS) is 10.2. The SMILES string of the molecule is CC(C)S.CCC(C)S.CCCCS.CCCS. The highest BCUT2D eigenvalue weighted by Crippen LogP contribution is 1.94. The molecule has 0 saturated carbocycles. The summed E-state index contributed by atoms with van der Waals surface area (Å²) in [7, 11) is 0. The maximum Gasteiger partial charge on any atom is -0.00142 e. The maximum absolute atomic E-state index is 4.10. The molecule has 0 aromatic carbocycles. The second-order valence-corrected chi connectivity index (χ2v) is 6.96. The molecule has 0 aliphatic carbocycles. The zero-order valence-corrected chi connectivity index (χ0v) is 16.8. The van der Waals surface area contributed by atoms with Crippen LogP contribution in [-0.4, -0.2) is 22.0 Å². The molecular formula is C14H36S4. The van der Waals surface area contributed by atoms with Crippen LogP contribution >= 0.6 is 50.5 Å². The molecule has 0 aliphatic heterocycles. The van der Waals surface area contributed by atoms with Crippen LogP contribution in [0.2, 0.25) is 0 Å². The predicted octanol–water partition coefficient (Wildman–Crippen LogP) is 6.08. The first-order valence-corrected chi connectivity index (χ1v) is 9.21. The highest BCUT2D eigenvalue weighted by Gasteiger charge is 1.81. The molecular weight excluding hydrogens is 296 g/mol. The second kappa shape index (κ2) is 31.0. The van der Waals surface area contributed by atoms with Gasteiger partial charge in [0.1, 0.15) is 0 Å².